The quantitative estimate of drug-likeness (QED) is 0.822. The first-order chi connectivity index (χ1) is 12.0. The predicted molar refractivity (Wildman–Crippen MR) is 94.8 cm³/mol. The van der Waals surface area contributed by atoms with Crippen molar-refractivity contribution in [3.05, 3.63) is 23.8 Å². The van der Waals surface area contributed by atoms with Crippen LogP contribution in [-0.4, -0.2) is 50.2 Å². The number of nitrogens with zero attached hydrogens (tertiary/aromatic N) is 1. The average Bonchev–Trinajstić information content (AvgIpc) is 2.66. The zero-order valence-corrected chi connectivity index (χ0v) is 15.1. The Bertz CT molecular complexity index is 600. The molecule has 1 aliphatic heterocycles. The molecule has 2 rings (SSSR count). The van der Waals surface area contributed by atoms with Crippen molar-refractivity contribution in [2.45, 2.75) is 38.8 Å². The summed E-state index contributed by atoms with van der Waals surface area (Å²) in [7, 11) is 3.14. The number of benzene rings is 1. The van der Waals surface area contributed by atoms with Crippen molar-refractivity contribution in [3.63, 3.8) is 0 Å². The van der Waals surface area contributed by atoms with Gasteiger partial charge >= 0.3 is 6.03 Å². The highest BCUT2D eigenvalue weighted by Gasteiger charge is 2.23. The summed E-state index contributed by atoms with van der Waals surface area (Å²) in [5, 5.41) is 5.46. The van der Waals surface area contributed by atoms with E-state index in [4.69, 9.17) is 9.47 Å². The zero-order chi connectivity index (χ0) is 18.2. The number of hydrogen-bond donors (Lipinski definition) is 2. The van der Waals surface area contributed by atoms with Gasteiger partial charge in [-0.3, -0.25) is 4.79 Å². The maximum absolute atomic E-state index is 12.3. The summed E-state index contributed by atoms with van der Waals surface area (Å²) in [6, 6.07) is 4.54. The van der Waals surface area contributed by atoms with E-state index in [2.05, 4.69) is 10.6 Å². The molecule has 3 amide bonds. The van der Waals surface area contributed by atoms with Crippen LogP contribution in [0.1, 0.15) is 31.7 Å². The molecule has 2 N–H and O–H groups in total. The number of urea groups is 1. The molecule has 7 nitrogen and oxygen atoms in total. The Morgan fingerprint density at radius 3 is 2.44 bits per heavy atom. The second kappa shape index (κ2) is 9.15. The number of nitrogens with one attached hydrogen (secondary N) is 2. The minimum atomic E-state index is -0.538. The molecule has 0 spiro atoms. The Kier molecular flexibility index (Phi) is 6.91. The first-order valence-electron chi connectivity index (χ1n) is 8.59. The third kappa shape index (κ3) is 5.27. The van der Waals surface area contributed by atoms with Crippen molar-refractivity contribution in [1.82, 2.24) is 15.5 Å². The van der Waals surface area contributed by atoms with Crippen LogP contribution in [0.25, 0.3) is 0 Å². The van der Waals surface area contributed by atoms with Crippen molar-refractivity contribution >= 4 is 11.9 Å². The highest BCUT2D eigenvalue weighted by molar-refractivity contribution is 5.86. The highest BCUT2D eigenvalue weighted by Crippen LogP contribution is 2.27. The molecule has 0 unspecified atom stereocenters. The van der Waals surface area contributed by atoms with Gasteiger partial charge in [0.25, 0.3) is 0 Å². The third-order valence-corrected chi connectivity index (χ3v) is 4.29. The molecule has 1 aromatic rings. The van der Waals surface area contributed by atoms with E-state index in [1.54, 1.807) is 33.3 Å². The standard InChI is InChI=1S/C18H27N3O4/c1-13(17(22)21-9-5-4-6-10-21)20-18(23)19-12-14-7-8-15(24-2)16(11-14)25-3/h7-8,11,13H,4-6,9-10,12H2,1-3H3,(H2,19,20,23)/t13-/m0/s1. The summed E-state index contributed by atoms with van der Waals surface area (Å²) in [6.07, 6.45) is 3.23. The van der Waals surface area contributed by atoms with Crippen LogP contribution in [-0.2, 0) is 11.3 Å². The molecule has 1 saturated heterocycles. The number of rotatable bonds is 6. The van der Waals surface area contributed by atoms with E-state index in [0.29, 0.717) is 18.0 Å². The maximum Gasteiger partial charge on any atom is 0.315 e. The Morgan fingerprint density at radius 1 is 1.12 bits per heavy atom. The number of methoxy groups -OCH3 is 2. The molecule has 138 valence electrons. The number of piperidine rings is 1. The van der Waals surface area contributed by atoms with Gasteiger partial charge in [0.2, 0.25) is 5.91 Å². The molecule has 1 atom stereocenters. The molecule has 0 saturated carbocycles. The lowest BCUT2D eigenvalue weighted by atomic mass is 10.1. The van der Waals surface area contributed by atoms with Gasteiger partial charge in [0, 0.05) is 19.6 Å². The van der Waals surface area contributed by atoms with Gasteiger partial charge in [0.1, 0.15) is 6.04 Å². The van der Waals surface area contributed by atoms with Crippen LogP contribution in [0.15, 0.2) is 18.2 Å². The lowest BCUT2D eigenvalue weighted by molar-refractivity contribution is -0.133. The van der Waals surface area contributed by atoms with Crippen LogP contribution in [0.2, 0.25) is 0 Å². The van der Waals surface area contributed by atoms with Gasteiger partial charge in [-0.05, 0) is 43.9 Å². The molecule has 0 aliphatic carbocycles. The lowest BCUT2D eigenvalue weighted by Gasteiger charge is -2.29. The molecule has 0 radical (unpaired) electrons. The zero-order valence-electron chi connectivity index (χ0n) is 15.1. The van der Waals surface area contributed by atoms with E-state index in [0.717, 1.165) is 37.9 Å². The number of carbonyl (C=O) groups excluding carboxylic acids is 2. The van der Waals surface area contributed by atoms with Crippen LogP contribution in [0.5, 0.6) is 11.5 Å². The van der Waals surface area contributed by atoms with Crippen molar-refractivity contribution < 1.29 is 19.1 Å². The van der Waals surface area contributed by atoms with Crippen molar-refractivity contribution in [3.8, 4) is 11.5 Å². The summed E-state index contributed by atoms with van der Waals surface area (Å²) in [5.74, 6) is 1.22. The van der Waals surface area contributed by atoms with Crippen molar-refractivity contribution in [1.29, 1.82) is 0 Å². The van der Waals surface area contributed by atoms with Gasteiger partial charge in [-0.2, -0.15) is 0 Å². The Labute approximate surface area is 148 Å². The van der Waals surface area contributed by atoms with Gasteiger partial charge in [0.05, 0.1) is 14.2 Å². The van der Waals surface area contributed by atoms with Crippen LogP contribution >= 0.6 is 0 Å². The topological polar surface area (TPSA) is 79.9 Å². The Balaban J connectivity index is 1.82. The fourth-order valence-corrected chi connectivity index (χ4v) is 2.87. The number of ether oxygens (including phenoxy) is 2. The first-order valence-corrected chi connectivity index (χ1v) is 8.59. The second-order valence-corrected chi connectivity index (χ2v) is 6.12. The molecule has 1 aromatic carbocycles. The predicted octanol–water partition coefficient (Wildman–Crippen LogP) is 1.90. The van der Waals surface area contributed by atoms with Crippen LogP contribution in [0, 0.1) is 0 Å². The molecule has 25 heavy (non-hydrogen) atoms. The lowest BCUT2D eigenvalue weighted by Crippen LogP contribution is -2.50. The highest BCUT2D eigenvalue weighted by atomic mass is 16.5. The summed E-state index contributed by atoms with van der Waals surface area (Å²) in [5.41, 5.74) is 0.878. The second-order valence-electron chi connectivity index (χ2n) is 6.12. The van der Waals surface area contributed by atoms with Crippen molar-refractivity contribution in [2.75, 3.05) is 27.3 Å². The van der Waals surface area contributed by atoms with Crippen LogP contribution < -0.4 is 20.1 Å². The minimum absolute atomic E-state index is 0.0269. The van der Waals surface area contributed by atoms with E-state index in [1.807, 2.05) is 11.0 Å². The SMILES string of the molecule is COc1ccc(CNC(=O)N[C@@H](C)C(=O)N2CCCCC2)cc1OC. The van der Waals surface area contributed by atoms with Crippen LogP contribution in [0.3, 0.4) is 0 Å². The Morgan fingerprint density at radius 2 is 1.80 bits per heavy atom. The monoisotopic (exact) mass is 349 g/mol. The largest absolute Gasteiger partial charge is 0.493 e. The first kappa shape index (κ1) is 18.9. The molecule has 1 aliphatic rings. The molecular formula is C18H27N3O4. The van der Waals surface area contributed by atoms with E-state index in [1.165, 1.54) is 0 Å². The van der Waals surface area contributed by atoms with Gasteiger partial charge in [-0.1, -0.05) is 6.07 Å². The summed E-state index contributed by atoms with van der Waals surface area (Å²) < 4.78 is 10.4. The fourth-order valence-electron chi connectivity index (χ4n) is 2.87. The number of carbonyl (C=O) groups is 2. The fraction of sp³-hybridized carbons (Fsp3) is 0.556. The molecule has 7 heteroatoms. The normalized spacial score (nSPS) is 15.2. The molecule has 1 heterocycles. The van der Waals surface area contributed by atoms with Gasteiger partial charge in [0.15, 0.2) is 11.5 Å². The van der Waals surface area contributed by atoms with Crippen LogP contribution in [0.4, 0.5) is 4.79 Å². The van der Waals surface area contributed by atoms with E-state index in [-0.39, 0.29) is 11.9 Å². The molecular weight excluding hydrogens is 322 g/mol. The maximum atomic E-state index is 12.3. The van der Waals surface area contributed by atoms with Gasteiger partial charge in [-0.15, -0.1) is 0 Å². The number of hydrogen-bond acceptors (Lipinski definition) is 4. The summed E-state index contributed by atoms with van der Waals surface area (Å²) >= 11 is 0. The van der Waals surface area contributed by atoms with Gasteiger partial charge in [-0.25, -0.2) is 4.79 Å². The van der Waals surface area contributed by atoms with E-state index in [9.17, 15) is 9.59 Å². The van der Waals surface area contributed by atoms with E-state index < -0.39 is 6.04 Å². The van der Waals surface area contributed by atoms with Crippen molar-refractivity contribution in [2.24, 2.45) is 0 Å². The number of amides is 3. The van der Waals surface area contributed by atoms with E-state index >= 15 is 0 Å². The molecule has 1 fully saturated rings. The third-order valence-electron chi connectivity index (χ3n) is 4.29. The molecule has 0 aromatic heterocycles. The minimum Gasteiger partial charge on any atom is -0.493 e. The van der Waals surface area contributed by atoms with Gasteiger partial charge < -0.3 is 25.0 Å². The summed E-state index contributed by atoms with van der Waals surface area (Å²) in [4.78, 5) is 26.2. The molecule has 0 bridgehead atoms. The Hall–Kier alpha value is -2.44. The average molecular weight is 349 g/mol. The smallest absolute Gasteiger partial charge is 0.315 e. The number of likely N-dealkylation sites (tertiary alicyclic amines) is 1. The summed E-state index contributed by atoms with van der Waals surface area (Å²) in [6.45, 7) is 3.60.